The lowest BCUT2D eigenvalue weighted by Crippen LogP contribution is -2.37. The highest BCUT2D eigenvalue weighted by molar-refractivity contribution is 8.00. The first-order chi connectivity index (χ1) is 16.3. The van der Waals surface area contributed by atoms with Crippen LogP contribution in [0.2, 0.25) is 0 Å². The van der Waals surface area contributed by atoms with Gasteiger partial charge in [0.2, 0.25) is 21.7 Å². The lowest BCUT2D eigenvalue weighted by atomic mass is 10.2. The summed E-state index contributed by atoms with van der Waals surface area (Å²) in [4.78, 5) is 37.4. The Morgan fingerprint density at radius 1 is 1.00 bits per heavy atom. The van der Waals surface area contributed by atoms with Crippen molar-refractivity contribution < 1.29 is 22.9 Å². The van der Waals surface area contributed by atoms with Crippen LogP contribution in [0, 0.1) is 10.1 Å². The van der Waals surface area contributed by atoms with Crippen molar-refractivity contribution in [2.24, 2.45) is 0 Å². The summed E-state index contributed by atoms with van der Waals surface area (Å²) < 4.78 is 25.5. The minimum Gasteiger partial charge on any atom is -0.326 e. The average molecular weight is 498 g/mol. The van der Waals surface area contributed by atoms with Gasteiger partial charge in [-0.2, -0.15) is 0 Å². The third-order valence-electron chi connectivity index (χ3n) is 5.18. The highest BCUT2D eigenvalue weighted by Crippen LogP contribution is 2.35. The molecule has 1 aliphatic rings. The SMILES string of the molecule is O=C(CCN1C(=O)CSc2ccccc21)Nc1ccc(S(=O)(=O)c2ccc([N+](=O)[O-])cc2)cc1. The molecule has 1 heterocycles. The molecule has 0 aliphatic carbocycles. The van der Waals surface area contributed by atoms with E-state index in [0.29, 0.717) is 11.4 Å². The largest absolute Gasteiger partial charge is 0.326 e. The van der Waals surface area contributed by atoms with Gasteiger partial charge in [0.25, 0.3) is 5.69 Å². The number of fused-ring (bicyclic) bond motifs is 1. The second kappa shape index (κ2) is 9.65. The zero-order valence-electron chi connectivity index (χ0n) is 17.7. The highest BCUT2D eigenvalue weighted by atomic mass is 32.2. The van der Waals surface area contributed by atoms with Gasteiger partial charge < -0.3 is 10.2 Å². The van der Waals surface area contributed by atoms with Gasteiger partial charge in [0.1, 0.15) is 0 Å². The Kier molecular flexibility index (Phi) is 6.66. The van der Waals surface area contributed by atoms with E-state index in [9.17, 15) is 28.1 Å². The van der Waals surface area contributed by atoms with E-state index in [4.69, 9.17) is 0 Å². The number of amides is 2. The van der Waals surface area contributed by atoms with Crippen molar-refractivity contribution in [3.8, 4) is 0 Å². The fourth-order valence-electron chi connectivity index (χ4n) is 3.44. The van der Waals surface area contributed by atoms with E-state index in [1.165, 1.54) is 48.2 Å². The molecule has 0 atom stereocenters. The first-order valence-electron chi connectivity index (χ1n) is 10.2. The number of rotatable bonds is 7. The lowest BCUT2D eigenvalue weighted by molar-refractivity contribution is -0.384. The van der Waals surface area contributed by atoms with Gasteiger partial charge >= 0.3 is 0 Å². The number of carbonyl (C=O) groups excluding carboxylic acids is 2. The molecule has 0 saturated carbocycles. The number of hydrogen-bond acceptors (Lipinski definition) is 7. The van der Waals surface area contributed by atoms with Gasteiger partial charge in [0, 0.05) is 35.7 Å². The Balaban J connectivity index is 1.39. The van der Waals surface area contributed by atoms with Gasteiger partial charge in [-0.15, -0.1) is 11.8 Å². The van der Waals surface area contributed by atoms with Crippen LogP contribution in [0.3, 0.4) is 0 Å². The minimum atomic E-state index is -3.87. The maximum Gasteiger partial charge on any atom is 0.269 e. The van der Waals surface area contributed by atoms with E-state index in [0.717, 1.165) is 22.7 Å². The number of sulfone groups is 1. The summed E-state index contributed by atoms with van der Waals surface area (Å²) in [5, 5.41) is 13.5. The summed E-state index contributed by atoms with van der Waals surface area (Å²) in [6.45, 7) is 0.231. The second-order valence-corrected chi connectivity index (χ2v) is 10.3. The van der Waals surface area contributed by atoms with E-state index >= 15 is 0 Å². The Hall–Kier alpha value is -3.70. The Morgan fingerprint density at radius 3 is 2.26 bits per heavy atom. The Bertz CT molecular complexity index is 1360. The van der Waals surface area contributed by atoms with Crippen LogP contribution in [0.5, 0.6) is 0 Å². The molecule has 0 aromatic heterocycles. The third kappa shape index (κ3) is 4.95. The molecule has 0 radical (unpaired) electrons. The number of nitro groups is 1. The smallest absolute Gasteiger partial charge is 0.269 e. The van der Waals surface area contributed by atoms with E-state index in [2.05, 4.69) is 5.32 Å². The second-order valence-electron chi connectivity index (χ2n) is 7.38. The molecular weight excluding hydrogens is 478 g/mol. The first kappa shape index (κ1) is 23.5. The van der Waals surface area contributed by atoms with Crippen molar-refractivity contribution in [1.29, 1.82) is 0 Å². The maximum absolute atomic E-state index is 12.8. The van der Waals surface area contributed by atoms with Gasteiger partial charge in [0.05, 0.1) is 26.2 Å². The van der Waals surface area contributed by atoms with Crippen LogP contribution < -0.4 is 10.2 Å². The fraction of sp³-hybridized carbons (Fsp3) is 0.130. The number of benzene rings is 3. The van der Waals surface area contributed by atoms with Crippen LogP contribution in [-0.4, -0.2) is 37.5 Å². The summed E-state index contributed by atoms with van der Waals surface area (Å²) >= 11 is 1.47. The topological polar surface area (TPSA) is 127 Å². The summed E-state index contributed by atoms with van der Waals surface area (Å²) in [7, 11) is -3.87. The quantitative estimate of drug-likeness (QED) is 0.387. The number of nitro benzene ring substituents is 1. The number of thioether (sulfide) groups is 1. The summed E-state index contributed by atoms with van der Waals surface area (Å²) in [6, 6.07) is 17.8. The van der Waals surface area contributed by atoms with Crippen LogP contribution in [0.15, 0.2) is 87.5 Å². The number of hydrogen-bond donors (Lipinski definition) is 1. The molecule has 11 heteroatoms. The van der Waals surface area contributed by atoms with Crippen molar-refractivity contribution in [2.45, 2.75) is 21.1 Å². The van der Waals surface area contributed by atoms with Crippen molar-refractivity contribution in [2.75, 3.05) is 22.5 Å². The minimum absolute atomic E-state index is 0.00706. The number of non-ortho nitro benzene ring substituents is 1. The number of anilines is 2. The van der Waals surface area contributed by atoms with Crippen LogP contribution in [-0.2, 0) is 19.4 Å². The van der Waals surface area contributed by atoms with Crippen LogP contribution in [0.1, 0.15) is 6.42 Å². The summed E-state index contributed by atoms with van der Waals surface area (Å²) in [6.07, 6.45) is 0.0770. The van der Waals surface area contributed by atoms with Crippen LogP contribution in [0.4, 0.5) is 17.1 Å². The zero-order valence-corrected chi connectivity index (χ0v) is 19.3. The molecule has 0 unspecified atom stereocenters. The molecular formula is C23H19N3O6S2. The van der Waals surface area contributed by atoms with E-state index < -0.39 is 14.8 Å². The van der Waals surface area contributed by atoms with Crippen LogP contribution in [0.25, 0.3) is 0 Å². The normalized spacial score (nSPS) is 13.3. The highest BCUT2D eigenvalue weighted by Gasteiger charge is 2.25. The van der Waals surface area contributed by atoms with E-state index in [1.807, 2.05) is 24.3 Å². The molecule has 0 fully saturated rings. The van der Waals surface area contributed by atoms with Gasteiger partial charge in [-0.3, -0.25) is 19.7 Å². The molecule has 3 aromatic carbocycles. The number of para-hydroxylation sites is 1. The molecule has 1 aliphatic heterocycles. The predicted molar refractivity (Wildman–Crippen MR) is 128 cm³/mol. The monoisotopic (exact) mass is 497 g/mol. The first-order valence-corrected chi connectivity index (χ1v) is 12.6. The molecule has 3 aromatic rings. The summed E-state index contributed by atoms with van der Waals surface area (Å²) in [5.74, 6) is -0.0460. The predicted octanol–water partition coefficient (Wildman–Crippen LogP) is 3.90. The Morgan fingerprint density at radius 2 is 1.62 bits per heavy atom. The average Bonchev–Trinajstić information content (AvgIpc) is 2.84. The van der Waals surface area contributed by atoms with Gasteiger partial charge in [0.15, 0.2) is 0 Å². The number of nitrogens with one attached hydrogen (secondary N) is 1. The molecule has 2 amide bonds. The Labute approximate surface area is 199 Å². The van der Waals surface area contributed by atoms with Crippen molar-refractivity contribution in [3.63, 3.8) is 0 Å². The third-order valence-corrected chi connectivity index (χ3v) is 8.01. The fourth-order valence-corrected chi connectivity index (χ4v) is 5.63. The summed E-state index contributed by atoms with van der Waals surface area (Å²) in [5.41, 5.74) is 0.997. The molecule has 0 saturated heterocycles. The standard InChI is InChI=1S/C23H19N3O6S2/c27-22(13-14-25-20-3-1-2-4-21(20)33-15-23(25)28)24-16-5-9-18(10-6-16)34(31,32)19-11-7-17(8-12-19)26(29)30/h1-12H,13-15H2,(H,24,27). The van der Waals surface area contributed by atoms with Crippen molar-refractivity contribution in [3.05, 3.63) is 82.9 Å². The molecule has 0 spiro atoms. The molecule has 4 rings (SSSR count). The van der Waals surface area contributed by atoms with Crippen molar-refractivity contribution >= 4 is 50.5 Å². The van der Waals surface area contributed by atoms with Gasteiger partial charge in [-0.1, -0.05) is 12.1 Å². The van der Waals surface area contributed by atoms with Crippen LogP contribution >= 0.6 is 11.8 Å². The molecule has 1 N–H and O–H groups in total. The van der Waals surface area contributed by atoms with Gasteiger partial charge in [-0.25, -0.2) is 8.42 Å². The lowest BCUT2D eigenvalue weighted by Gasteiger charge is -2.28. The van der Waals surface area contributed by atoms with Gasteiger partial charge in [-0.05, 0) is 48.5 Å². The molecule has 174 valence electrons. The molecule has 34 heavy (non-hydrogen) atoms. The van der Waals surface area contributed by atoms with Crippen molar-refractivity contribution in [1.82, 2.24) is 0 Å². The number of nitrogens with zero attached hydrogens (tertiary/aromatic N) is 2. The number of carbonyl (C=O) groups is 2. The maximum atomic E-state index is 12.8. The molecule has 0 bridgehead atoms. The zero-order chi connectivity index (χ0) is 24.3. The molecule has 9 nitrogen and oxygen atoms in total. The van der Waals surface area contributed by atoms with E-state index in [1.54, 1.807) is 4.90 Å². The van der Waals surface area contributed by atoms with E-state index in [-0.39, 0.29) is 40.3 Å².